The number of hydrogen-bond donors (Lipinski definition) is 2. The second-order valence-electron chi connectivity index (χ2n) is 4.23. The van der Waals surface area contributed by atoms with Crippen LogP contribution in [0.3, 0.4) is 0 Å². The fraction of sp³-hybridized carbons (Fsp3) is 0.417. The van der Waals surface area contributed by atoms with E-state index in [1.807, 2.05) is 6.92 Å². The van der Waals surface area contributed by atoms with Gasteiger partial charge in [-0.25, -0.2) is 4.39 Å². The number of ether oxygens (including phenoxy) is 1. The Hall–Kier alpha value is -1.62. The molecule has 5 heteroatoms. The van der Waals surface area contributed by atoms with Crippen molar-refractivity contribution >= 4 is 17.3 Å². The Morgan fingerprint density at radius 3 is 2.94 bits per heavy atom. The quantitative estimate of drug-likeness (QED) is 0.773. The second-order valence-corrected chi connectivity index (χ2v) is 4.23. The van der Waals surface area contributed by atoms with E-state index in [1.165, 1.54) is 18.2 Å². The van der Waals surface area contributed by atoms with Crippen molar-refractivity contribution in [3.8, 4) is 0 Å². The van der Waals surface area contributed by atoms with Gasteiger partial charge in [-0.2, -0.15) is 0 Å². The summed E-state index contributed by atoms with van der Waals surface area (Å²) < 4.78 is 18.4. The van der Waals surface area contributed by atoms with Crippen LogP contribution in [0.2, 0.25) is 0 Å². The molecule has 0 spiro atoms. The Bertz CT molecular complexity index is 437. The first kappa shape index (κ1) is 11.9. The zero-order valence-corrected chi connectivity index (χ0v) is 9.57. The van der Waals surface area contributed by atoms with E-state index in [2.05, 4.69) is 5.32 Å². The Balaban J connectivity index is 2.05. The highest BCUT2D eigenvalue weighted by Gasteiger charge is 2.28. The minimum Gasteiger partial charge on any atom is -0.397 e. The number of halogens is 1. The molecule has 1 aromatic rings. The number of carbonyl (C=O) groups is 1. The Morgan fingerprint density at radius 2 is 2.29 bits per heavy atom. The highest BCUT2D eigenvalue weighted by molar-refractivity contribution is 5.96. The molecule has 3 N–H and O–H groups in total. The van der Waals surface area contributed by atoms with Gasteiger partial charge in [0.1, 0.15) is 11.9 Å². The molecule has 1 saturated heterocycles. The van der Waals surface area contributed by atoms with Gasteiger partial charge in [0.25, 0.3) is 5.91 Å². The highest BCUT2D eigenvalue weighted by atomic mass is 19.1. The van der Waals surface area contributed by atoms with Crippen molar-refractivity contribution in [2.24, 2.45) is 0 Å². The average molecular weight is 238 g/mol. The van der Waals surface area contributed by atoms with E-state index < -0.39 is 11.9 Å². The molecular formula is C12H15FN2O2. The van der Waals surface area contributed by atoms with Crippen molar-refractivity contribution < 1.29 is 13.9 Å². The molecule has 0 aromatic heterocycles. The minimum absolute atomic E-state index is 0.0932. The molecule has 0 aliphatic carbocycles. The normalized spacial score (nSPS) is 23.6. The third-order valence-corrected chi connectivity index (χ3v) is 2.80. The van der Waals surface area contributed by atoms with Gasteiger partial charge in [0.15, 0.2) is 0 Å². The predicted molar refractivity (Wildman–Crippen MR) is 63.0 cm³/mol. The predicted octanol–water partition coefficient (Wildman–Crippen LogP) is 1.91. The topological polar surface area (TPSA) is 64.4 Å². The molecule has 0 radical (unpaired) electrons. The van der Waals surface area contributed by atoms with Crippen LogP contribution in [0.25, 0.3) is 0 Å². The lowest BCUT2D eigenvalue weighted by molar-refractivity contribution is -0.126. The molecule has 1 heterocycles. The first-order chi connectivity index (χ1) is 8.06. The fourth-order valence-electron chi connectivity index (χ4n) is 1.85. The number of anilines is 2. The molecule has 1 aliphatic heterocycles. The van der Waals surface area contributed by atoms with Crippen molar-refractivity contribution in [2.45, 2.75) is 32.0 Å². The van der Waals surface area contributed by atoms with Gasteiger partial charge in [0, 0.05) is 0 Å². The van der Waals surface area contributed by atoms with Crippen LogP contribution in [-0.4, -0.2) is 18.1 Å². The Labute approximate surface area is 98.9 Å². The maximum absolute atomic E-state index is 13.0. The second kappa shape index (κ2) is 4.71. The molecule has 17 heavy (non-hydrogen) atoms. The maximum atomic E-state index is 13.0. The van der Waals surface area contributed by atoms with E-state index >= 15 is 0 Å². The van der Waals surface area contributed by atoms with Crippen LogP contribution >= 0.6 is 0 Å². The molecule has 2 unspecified atom stereocenters. The maximum Gasteiger partial charge on any atom is 0.253 e. The van der Waals surface area contributed by atoms with Crippen molar-refractivity contribution in [3.05, 3.63) is 24.0 Å². The van der Waals surface area contributed by atoms with Gasteiger partial charge in [-0.3, -0.25) is 4.79 Å². The molecule has 0 bridgehead atoms. The zero-order valence-electron chi connectivity index (χ0n) is 9.57. The number of nitrogen functional groups attached to an aromatic ring is 1. The SMILES string of the molecule is CC1CCC(C(=O)Nc2cc(F)ccc2N)O1. The first-order valence-electron chi connectivity index (χ1n) is 5.57. The lowest BCUT2D eigenvalue weighted by Crippen LogP contribution is -2.28. The number of nitrogens with two attached hydrogens (primary N) is 1. The largest absolute Gasteiger partial charge is 0.397 e. The van der Waals surface area contributed by atoms with Crippen LogP contribution in [0.15, 0.2) is 18.2 Å². The summed E-state index contributed by atoms with van der Waals surface area (Å²) >= 11 is 0. The summed E-state index contributed by atoms with van der Waals surface area (Å²) in [7, 11) is 0. The van der Waals surface area contributed by atoms with Gasteiger partial charge < -0.3 is 15.8 Å². The average Bonchev–Trinajstić information content (AvgIpc) is 2.70. The van der Waals surface area contributed by atoms with Gasteiger partial charge in [0.2, 0.25) is 0 Å². The molecule has 0 saturated carbocycles. The molecule has 2 rings (SSSR count). The number of hydrogen-bond acceptors (Lipinski definition) is 3. The molecular weight excluding hydrogens is 223 g/mol. The number of nitrogens with one attached hydrogen (secondary N) is 1. The van der Waals surface area contributed by atoms with Crippen LogP contribution in [0.4, 0.5) is 15.8 Å². The van der Waals surface area contributed by atoms with E-state index in [9.17, 15) is 9.18 Å². The van der Waals surface area contributed by atoms with Crippen LogP contribution in [0.5, 0.6) is 0 Å². The fourth-order valence-corrected chi connectivity index (χ4v) is 1.85. The van der Waals surface area contributed by atoms with Crippen LogP contribution in [-0.2, 0) is 9.53 Å². The summed E-state index contributed by atoms with van der Waals surface area (Å²) in [5.74, 6) is -0.707. The van der Waals surface area contributed by atoms with E-state index in [4.69, 9.17) is 10.5 Å². The van der Waals surface area contributed by atoms with Gasteiger partial charge >= 0.3 is 0 Å². The summed E-state index contributed by atoms with van der Waals surface area (Å²) in [5, 5.41) is 2.58. The molecule has 92 valence electrons. The van der Waals surface area contributed by atoms with Gasteiger partial charge in [-0.15, -0.1) is 0 Å². The summed E-state index contributed by atoms with van der Waals surface area (Å²) in [6.45, 7) is 1.92. The molecule has 1 aromatic carbocycles. The number of benzene rings is 1. The van der Waals surface area contributed by atoms with Crippen molar-refractivity contribution in [1.29, 1.82) is 0 Å². The summed E-state index contributed by atoms with van der Waals surface area (Å²) in [6, 6.07) is 3.87. The van der Waals surface area contributed by atoms with Crippen LogP contribution in [0, 0.1) is 5.82 Å². The lowest BCUT2D eigenvalue weighted by atomic mass is 10.2. The van der Waals surface area contributed by atoms with Gasteiger partial charge in [-0.05, 0) is 38.0 Å². The molecule has 2 atom stereocenters. The van der Waals surface area contributed by atoms with Gasteiger partial charge in [-0.1, -0.05) is 0 Å². The smallest absolute Gasteiger partial charge is 0.253 e. The zero-order chi connectivity index (χ0) is 12.4. The van der Waals surface area contributed by atoms with Crippen LogP contribution in [0.1, 0.15) is 19.8 Å². The van der Waals surface area contributed by atoms with Crippen molar-refractivity contribution in [3.63, 3.8) is 0 Å². The van der Waals surface area contributed by atoms with Crippen LogP contribution < -0.4 is 11.1 Å². The molecule has 4 nitrogen and oxygen atoms in total. The number of rotatable bonds is 2. The molecule has 1 aliphatic rings. The molecule has 1 fully saturated rings. The third kappa shape index (κ3) is 2.74. The third-order valence-electron chi connectivity index (χ3n) is 2.80. The number of amides is 1. The van der Waals surface area contributed by atoms with Gasteiger partial charge in [0.05, 0.1) is 17.5 Å². The molecule has 1 amide bonds. The van der Waals surface area contributed by atoms with E-state index in [-0.39, 0.29) is 17.7 Å². The highest BCUT2D eigenvalue weighted by Crippen LogP contribution is 2.23. The summed E-state index contributed by atoms with van der Waals surface area (Å²) in [4.78, 5) is 11.8. The summed E-state index contributed by atoms with van der Waals surface area (Å²) in [5.41, 5.74) is 6.27. The lowest BCUT2D eigenvalue weighted by Gasteiger charge is -2.13. The van der Waals surface area contributed by atoms with E-state index in [0.29, 0.717) is 12.1 Å². The standard InChI is InChI=1S/C12H15FN2O2/c1-7-2-5-11(17-7)12(16)15-10-6-8(13)3-4-9(10)14/h3-4,6-7,11H,2,5,14H2,1H3,(H,15,16). The van der Waals surface area contributed by atoms with Crippen molar-refractivity contribution in [2.75, 3.05) is 11.1 Å². The van der Waals surface area contributed by atoms with E-state index in [0.717, 1.165) is 6.42 Å². The Kier molecular flexibility index (Phi) is 3.28. The van der Waals surface area contributed by atoms with Crippen molar-refractivity contribution in [1.82, 2.24) is 0 Å². The summed E-state index contributed by atoms with van der Waals surface area (Å²) in [6.07, 6.45) is 1.17. The van der Waals surface area contributed by atoms with E-state index in [1.54, 1.807) is 0 Å². The number of carbonyl (C=O) groups excluding carboxylic acids is 1. The monoisotopic (exact) mass is 238 g/mol. The minimum atomic E-state index is -0.465. The Morgan fingerprint density at radius 1 is 1.53 bits per heavy atom. The first-order valence-corrected chi connectivity index (χ1v) is 5.57.